The number of carbonyl (C=O) groups excluding carboxylic acids is 1. The summed E-state index contributed by atoms with van der Waals surface area (Å²) >= 11 is 6.47. The second-order valence-electron chi connectivity index (χ2n) is 10.2. The van der Waals surface area contributed by atoms with Gasteiger partial charge in [-0.2, -0.15) is 4.36 Å². The summed E-state index contributed by atoms with van der Waals surface area (Å²) in [5, 5.41) is 10.9. The average Bonchev–Trinajstić information content (AvgIpc) is 2.93. The molecule has 2 heterocycles. The first-order chi connectivity index (χ1) is 16.3. The van der Waals surface area contributed by atoms with Crippen molar-refractivity contribution in [2.45, 2.75) is 38.7 Å². The van der Waals surface area contributed by atoms with Crippen molar-refractivity contribution in [3.05, 3.63) is 48.6 Å². The highest BCUT2D eigenvalue weighted by Crippen LogP contribution is 2.43. The predicted octanol–water partition coefficient (Wildman–Crippen LogP) is 4.47. The zero-order chi connectivity index (χ0) is 24.3. The number of nitrogens with zero attached hydrogens (tertiary/aromatic N) is 2. The number of carbonyl (C=O) groups is 1. The standard InChI is InChI=1S/C26H35ClN2O4S/c1-3-11-26(15-27)16-29-13-20-7-9-21(20)23(30)6-4-5-18(2)14-34(32)28-25(31)19-8-10-24(33-17-26)22(29)12-19/h3-4,6,8,10,12,18,20-21,23,30,34H,1,5,7,9,11,13-17H2,2H3/b6-4+/t18-,20-,21+,23-,26+/m0/s1. The molecule has 0 spiro atoms. The topological polar surface area (TPSA) is 79.2 Å². The number of ether oxygens (including phenoxy) is 1. The van der Waals surface area contributed by atoms with Crippen LogP contribution in [0.15, 0.2) is 47.4 Å². The molecule has 6 atom stereocenters. The van der Waals surface area contributed by atoms with E-state index in [1.807, 2.05) is 31.2 Å². The minimum absolute atomic E-state index is 0.109. The van der Waals surface area contributed by atoms with Crippen molar-refractivity contribution >= 4 is 33.8 Å². The fourth-order valence-electron chi connectivity index (χ4n) is 5.20. The molecule has 2 aliphatic heterocycles. The second kappa shape index (κ2) is 10.8. The number of benzene rings is 1. The van der Waals surface area contributed by atoms with Crippen molar-refractivity contribution in [3.63, 3.8) is 0 Å². The van der Waals surface area contributed by atoms with Crippen molar-refractivity contribution in [1.29, 1.82) is 0 Å². The highest BCUT2D eigenvalue weighted by molar-refractivity contribution is 7.75. The molecule has 1 aliphatic carbocycles. The van der Waals surface area contributed by atoms with E-state index < -0.39 is 22.6 Å². The van der Waals surface area contributed by atoms with Gasteiger partial charge < -0.3 is 14.7 Å². The zero-order valence-corrected chi connectivity index (χ0v) is 21.4. The maximum absolute atomic E-state index is 12.9. The van der Waals surface area contributed by atoms with Crippen LogP contribution in [0, 0.1) is 23.2 Å². The summed E-state index contributed by atoms with van der Waals surface area (Å²) in [6.07, 6.45) is 8.67. The summed E-state index contributed by atoms with van der Waals surface area (Å²) in [5.41, 5.74) is 0.917. The van der Waals surface area contributed by atoms with Gasteiger partial charge in [0.1, 0.15) is 5.75 Å². The van der Waals surface area contributed by atoms with E-state index in [1.165, 1.54) is 0 Å². The number of thiol groups is 1. The molecule has 0 aromatic heterocycles. The Morgan fingerprint density at radius 1 is 1.41 bits per heavy atom. The molecule has 1 aromatic rings. The van der Waals surface area contributed by atoms with Gasteiger partial charge in [0.2, 0.25) is 0 Å². The molecular weight excluding hydrogens is 472 g/mol. The minimum Gasteiger partial charge on any atom is -0.491 e. The summed E-state index contributed by atoms with van der Waals surface area (Å²) in [6.45, 7) is 7.76. The first-order valence-corrected chi connectivity index (χ1v) is 14.0. The molecule has 4 rings (SSSR count). The summed E-state index contributed by atoms with van der Waals surface area (Å²) in [7, 11) is -2.00. The van der Waals surface area contributed by atoms with Crippen LogP contribution in [0.5, 0.6) is 5.75 Å². The second-order valence-corrected chi connectivity index (χ2v) is 11.7. The van der Waals surface area contributed by atoms with Crippen LogP contribution in [0.4, 0.5) is 5.69 Å². The van der Waals surface area contributed by atoms with Crippen LogP contribution < -0.4 is 9.64 Å². The molecule has 1 aromatic carbocycles. The highest BCUT2D eigenvalue weighted by Gasteiger charge is 2.40. The van der Waals surface area contributed by atoms with E-state index in [1.54, 1.807) is 12.1 Å². The Kier molecular flexibility index (Phi) is 8.05. The van der Waals surface area contributed by atoms with Crippen LogP contribution in [0.25, 0.3) is 0 Å². The maximum atomic E-state index is 12.9. The molecular formula is C26H35ClN2O4S. The third-order valence-electron chi connectivity index (χ3n) is 7.38. The predicted molar refractivity (Wildman–Crippen MR) is 138 cm³/mol. The van der Waals surface area contributed by atoms with Crippen LogP contribution in [0.3, 0.4) is 0 Å². The number of amides is 1. The van der Waals surface area contributed by atoms with Gasteiger partial charge in [0.15, 0.2) is 0 Å². The molecule has 186 valence electrons. The lowest BCUT2D eigenvalue weighted by molar-refractivity contribution is 0.0452. The number of aliphatic hydroxyl groups excluding tert-OH is 1. The van der Waals surface area contributed by atoms with Gasteiger partial charge in [-0.15, -0.1) is 18.2 Å². The molecule has 1 unspecified atom stereocenters. The van der Waals surface area contributed by atoms with Crippen molar-refractivity contribution in [2.75, 3.05) is 36.2 Å². The van der Waals surface area contributed by atoms with Gasteiger partial charge in [-0.3, -0.25) is 9.00 Å². The fraction of sp³-hybridized carbons (Fsp3) is 0.577. The Hall–Kier alpha value is -1.83. The first kappa shape index (κ1) is 25.3. The van der Waals surface area contributed by atoms with Crippen molar-refractivity contribution in [3.8, 4) is 5.75 Å². The van der Waals surface area contributed by atoms with Crippen molar-refractivity contribution < 1.29 is 18.8 Å². The first-order valence-electron chi connectivity index (χ1n) is 12.1. The van der Waals surface area contributed by atoms with Gasteiger partial charge in [0.05, 0.1) is 18.4 Å². The summed E-state index contributed by atoms with van der Waals surface area (Å²) < 4.78 is 22.7. The van der Waals surface area contributed by atoms with Gasteiger partial charge in [-0.1, -0.05) is 25.2 Å². The number of allylic oxidation sites excluding steroid dienone is 2. The van der Waals surface area contributed by atoms with Gasteiger partial charge in [0.25, 0.3) is 5.91 Å². The quantitative estimate of drug-likeness (QED) is 0.359. The largest absolute Gasteiger partial charge is 0.491 e. The van der Waals surface area contributed by atoms with E-state index in [0.717, 1.165) is 25.1 Å². The fourth-order valence-corrected chi connectivity index (χ4v) is 6.56. The van der Waals surface area contributed by atoms with E-state index >= 15 is 0 Å². The molecule has 0 saturated heterocycles. The Morgan fingerprint density at radius 2 is 2.24 bits per heavy atom. The molecule has 6 nitrogen and oxygen atoms in total. The van der Waals surface area contributed by atoms with Crippen LogP contribution in [-0.2, 0) is 10.6 Å². The van der Waals surface area contributed by atoms with Crippen LogP contribution >= 0.6 is 11.6 Å². The third-order valence-corrected chi connectivity index (χ3v) is 9.29. The lowest BCUT2D eigenvalue weighted by Crippen LogP contribution is -2.47. The molecule has 1 fully saturated rings. The Morgan fingerprint density at radius 3 is 2.94 bits per heavy atom. The number of hydrogen-bond donors (Lipinski definition) is 2. The molecule has 1 N–H and O–H groups in total. The number of fused-ring (bicyclic) bond motifs is 2. The lowest BCUT2D eigenvalue weighted by atomic mass is 9.70. The highest BCUT2D eigenvalue weighted by atomic mass is 35.5. The van der Waals surface area contributed by atoms with Gasteiger partial charge in [-0.25, -0.2) is 0 Å². The zero-order valence-electron chi connectivity index (χ0n) is 19.7. The third kappa shape index (κ3) is 5.52. The van der Waals surface area contributed by atoms with Crippen molar-refractivity contribution in [1.82, 2.24) is 0 Å². The summed E-state index contributed by atoms with van der Waals surface area (Å²) in [5.74, 6) is 1.62. The van der Waals surface area contributed by atoms with Gasteiger partial charge in [0, 0.05) is 46.3 Å². The number of anilines is 1. The molecule has 1 amide bonds. The number of aliphatic hydroxyl groups is 1. The van der Waals surface area contributed by atoms with Crippen molar-refractivity contribution in [2.24, 2.45) is 27.5 Å². The molecule has 8 heteroatoms. The van der Waals surface area contributed by atoms with Crippen LogP contribution in [0.1, 0.15) is 43.0 Å². The Balaban J connectivity index is 1.76. The molecule has 34 heavy (non-hydrogen) atoms. The molecule has 2 bridgehead atoms. The molecule has 0 radical (unpaired) electrons. The van der Waals surface area contributed by atoms with Crippen LogP contribution in [-0.4, -0.2) is 52.7 Å². The van der Waals surface area contributed by atoms with Gasteiger partial charge >= 0.3 is 0 Å². The summed E-state index contributed by atoms with van der Waals surface area (Å²) in [6, 6.07) is 5.30. The van der Waals surface area contributed by atoms with Crippen LogP contribution in [0.2, 0.25) is 0 Å². The Labute approximate surface area is 209 Å². The number of rotatable bonds is 3. The number of alkyl halides is 1. The Bertz CT molecular complexity index is 1040. The molecule has 3 aliphatic rings. The SMILES string of the molecule is C=CC[C@]1(CCl)COc2ccc3cc2N(C[C@@H]2CC[C@H]2[C@@H](O)/C=C/C[C@H](C)C/[SH](=O)=N/C3=O)C1. The normalized spacial score (nSPS) is 35.6. The van der Waals surface area contributed by atoms with E-state index in [2.05, 4.69) is 15.8 Å². The van der Waals surface area contributed by atoms with E-state index in [0.29, 0.717) is 54.9 Å². The van der Waals surface area contributed by atoms with Gasteiger partial charge in [-0.05, 0) is 61.6 Å². The van der Waals surface area contributed by atoms with E-state index in [9.17, 15) is 14.1 Å². The average molecular weight is 507 g/mol. The monoisotopic (exact) mass is 506 g/mol. The molecule has 1 saturated carbocycles. The number of halogens is 1. The maximum Gasteiger partial charge on any atom is 0.284 e. The summed E-state index contributed by atoms with van der Waals surface area (Å²) in [4.78, 5) is 15.1. The number of hydrogen-bond acceptors (Lipinski definition) is 5. The lowest BCUT2D eigenvalue weighted by Gasteiger charge is -2.43. The minimum atomic E-state index is -2.00. The smallest absolute Gasteiger partial charge is 0.284 e. The van der Waals surface area contributed by atoms with E-state index in [4.69, 9.17) is 16.3 Å². The van der Waals surface area contributed by atoms with E-state index in [-0.39, 0.29) is 17.3 Å².